The second-order valence-electron chi connectivity index (χ2n) is 2.55. The maximum Gasteiger partial charge on any atom is 0.218 e. The standard InChI is InChI=1S/C6H12O6S3/c7-1-3(9)5(11)6(13,12-14)15-4(10)2-8/h3,5,7-9,11,13-14H,1-2H2/t3-,5-,6?/m1/s1. The average Bonchev–Trinajstić information content (AvgIpc) is 2.26. The van der Waals surface area contributed by atoms with Crippen molar-refractivity contribution in [3.63, 3.8) is 0 Å². The van der Waals surface area contributed by atoms with Gasteiger partial charge in [-0.3, -0.25) is 8.98 Å². The SMILES string of the molecule is O=C(CO)SC(S)(OS)[C@H](O)[C@H](O)CO. The molecule has 0 aromatic heterocycles. The van der Waals surface area contributed by atoms with E-state index in [9.17, 15) is 9.90 Å². The number of carbonyl (C=O) groups is 1. The lowest BCUT2D eigenvalue weighted by Crippen LogP contribution is -2.45. The summed E-state index contributed by atoms with van der Waals surface area (Å²) in [5.74, 6) is 0. The van der Waals surface area contributed by atoms with Crippen molar-refractivity contribution in [3.8, 4) is 0 Å². The van der Waals surface area contributed by atoms with E-state index < -0.39 is 34.8 Å². The van der Waals surface area contributed by atoms with Crippen LogP contribution in [-0.4, -0.2) is 55.2 Å². The van der Waals surface area contributed by atoms with E-state index in [2.05, 4.69) is 29.7 Å². The molecular weight excluding hydrogens is 264 g/mol. The quantitative estimate of drug-likeness (QED) is 0.197. The summed E-state index contributed by atoms with van der Waals surface area (Å²) in [5, 5.41) is 35.0. The zero-order valence-electron chi connectivity index (χ0n) is 7.48. The summed E-state index contributed by atoms with van der Waals surface area (Å²) < 4.78 is 2.62. The van der Waals surface area contributed by atoms with Gasteiger partial charge in [-0.25, -0.2) is 0 Å². The summed E-state index contributed by atoms with van der Waals surface area (Å²) in [4.78, 5) is 10.9. The van der Waals surface area contributed by atoms with Crippen molar-refractivity contribution in [2.75, 3.05) is 13.2 Å². The molecule has 15 heavy (non-hydrogen) atoms. The fraction of sp³-hybridized carbons (Fsp3) is 0.833. The molecule has 1 unspecified atom stereocenters. The van der Waals surface area contributed by atoms with Crippen LogP contribution in [-0.2, 0) is 8.98 Å². The van der Waals surface area contributed by atoms with E-state index in [-0.39, 0.29) is 0 Å². The molecular formula is C6H12O6S3. The van der Waals surface area contributed by atoms with Crippen LogP contribution in [0.25, 0.3) is 0 Å². The molecule has 3 atom stereocenters. The first-order valence-corrected chi connectivity index (χ1v) is 5.38. The lowest BCUT2D eigenvalue weighted by molar-refractivity contribution is -0.113. The fourth-order valence-corrected chi connectivity index (χ4v) is 2.07. The zero-order valence-corrected chi connectivity index (χ0v) is 10.1. The summed E-state index contributed by atoms with van der Waals surface area (Å²) in [5.41, 5.74) is 0. The minimum absolute atomic E-state index is 0.354. The van der Waals surface area contributed by atoms with Gasteiger partial charge in [0, 0.05) is 0 Å². The second kappa shape index (κ2) is 6.97. The Hall–Kier alpha value is 0.520. The topological polar surface area (TPSA) is 107 Å². The van der Waals surface area contributed by atoms with Crippen molar-refractivity contribution in [2.45, 2.75) is 16.5 Å². The Morgan fingerprint density at radius 1 is 1.47 bits per heavy atom. The highest BCUT2D eigenvalue weighted by Crippen LogP contribution is 2.37. The Morgan fingerprint density at radius 3 is 2.33 bits per heavy atom. The van der Waals surface area contributed by atoms with Crippen LogP contribution in [0.4, 0.5) is 0 Å². The van der Waals surface area contributed by atoms with Crippen molar-refractivity contribution in [3.05, 3.63) is 0 Å². The van der Waals surface area contributed by atoms with Gasteiger partial charge >= 0.3 is 0 Å². The summed E-state index contributed by atoms with van der Waals surface area (Å²) in [6.07, 6.45) is -3.18. The van der Waals surface area contributed by atoms with Crippen LogP contribution in [0.1, 0.15) is 0 Å². The summed E-state index contributed by atoms with van der Waals surface area (Å²) >= 11 is 7.57. The maximum absolute atomic E-state index is 10.9. The molecule has 0 aromatic carbocycles. The lowest BCUT2D eigenvalue weighted by Gasteiger charge is -2.31. The molecule has 0 saturated carbocycles. The molecule has 4 N–H and O–H groups in total. The van der Waals surface area contributed by atoms with Crippen molar-refractivity contribution < 1.29 is 29.4 Å². The van der Waals surface area contributed by atoms with Crippen molar-refractivity contribution in [1.29, 1.82) is 0 Å². The molecule has 0 aliphatic heterocycles. The van der Waals surface area contributed by atoms with Crippen molar-refractivity contribution in [2.24, 2.45) is 0 Å². The molecule has 0 aromatic rings. The molecule has 90 valence electrons. The summed E-state index contributed by atoms with van der Waals surface area (Å²) in [6.45, 7) is -1.50. The highest BCUT2D eigenvalue weighted by atomic mass is 32.2. The monoisotopic (exact) mass is 276 g/mol. The Kier molecular flexibility index (Phi) is 7.21. The molecule has 0 heterocycles. The smallest absolute Gasteiger partial charge is 0.218 e. The predicted molar refractivity (Wildman–Crippen MR) is 60.6 cm³/mol. The molecule has 9 heteroatoms. The van der Waals surface area contributed by atoms with E-state index in [0.29, 0.717) is 11.8 Å². The Balaban J connectivity index is 4.60. The first-order valence-electron chi connectivity index (χ1n) is 3.76. The molecule has 0 bridgehead atoms. The number of rotatable bonds is 6. The Bertz CT molecular complexity index is 215. The van der Waals surface area contributed by atoms with Gasteiger partial charge in [0.15, 0.2) is 0 Å². The highest BCUT2D eigenvalue weighted by molar-refractivity contribution is 8.22. The molecule has 0 fully saturated rings. The first kappa shape index (κ1) is 15.5. The predicted octanol–water partition coefficient (Wildman–Crippen LogP) is -1.60. The van der Waals surface area contributed by atoms with Crippen LogP contribution < -0.4 is 0 Å². The van der Waals surface area contributed by atoms with E-state index in [4.69, 9.17) is 15.3 Å². The molecule has 0 rings (SSSR count). The van der Waals surface area contributed by atoms with Gasteiger partial charge in [-0.1, -0.05) is 0 Å². The van der Waals surface area contributed by atoms with Gasteiger partial charge in [-0.05, 0) is 24.7 Å². The largest absolute Gasteiger partial charge is 0.394 e. The summed E-state index contributed by atoms with van der Waals surface area (Å²) in [7, 11) is 0. The molecule has 6 nitrogen and oxygen atoms in total. The third-order valence-corrected chi connectivity index (χ3v) is 3.60. The molecule has 0 saturated heterocycles. The normalized spacial score (nSPS) is 19.3. The third kappa shape index (κ3) is 4.49. The number of aliphatic hydroxyl groups is 4. The van der Waals surface area contributed by atoms with Crippen LogP contribution in [0.5, 0.6) is 0 Å². The lowest BCUT2D eigenvalue weighted by atomic mass is 10.2. The number of thioether (sulfide) groups is 1. The molecule has 0 amide bonds. The first-order chi connectivity index (χ1) is 6.91. The highest BCUT2D eigenvalue weighted by Gasteiger charge is 2.42. The minimum Gasteiger partial charge on any atom is -0.394 e. The number of hydrogen-bond acceptors (Lipinski definition) is 9. The van der Waals surface area contributed by atoms with Crippen LogP contribution in [0.3, 0.4) is 0 Å². The van der Waals surface area contributed by atoms with E-state index in [1.165, 1.54) is 0 Å². The number of carbonyl (C=O) groups excluding carboxylic acids is 1. The minimum atomic E-state index is -1.84. The van der Waals surface area contributed by atoms with Gasteiger partial charge in [0.05, 0.1) is 6.61 Å². The van der Waals surface area contributed by atoms with Crippen LogP contribution >= 0.6 is 37.3 Å². The average molecular weight is 276 g/mol. The van der Waals surface area contributed by atoms with Gasteiger partial charge in [-0.2, -0.15) is 0 Å². The zero-order chi connectivity index (χ0) is 12.1. The van der Waals surface area contributed by atoms with E-state index in [1.807, 2.05) is 0 Å². The van der Waals surface area contributed by atoms with Gasteiger partial charge in [0.1, 0.15) is 18.8 Å². The molecule has 0 spiro atoms. The van der Waals surface area contributed by atoms with Crippen LogP contribution in [0.2, 0.25) is 0 Å². The van der Waals surface area contributed by atoms with Crippen molar-refractivity contribution >= 4 is 42.4 Å². The van der Waals surface area contributed by atoms with E-state index >= 15 is 0 Å². The van der Waals surface area contributed by atoms with Crippen LogP contribution in [0.15, 0.2) is 0 Å². The Labute approximate surface area is 102 Å². The summed E-state index contributed by atoms with van der Waals surface area (Å²) in [6, 6.07) is 0. The number of hydrogen-bond donors (Lipinski definition) is 6. The molecule has 0 radical (unpaired) electrons. The van der Waals surface area contributed by atoms with E-state index in [0.717, 1.165) is 0 Å². The molecule has 0 aliphatic rings. The number of thiol groups is 2. The third-order valence-electron chi connectivity index (χ3n) is 1.45. The van der Waals surface area contributed by atoms with Gasteiger partial charge in [-0.15, -0.1) is 12.6 Å². The maximum atomic E-state index is 10.9. The Morgan fingerprint density at radius 2 is 2.00 bits per heavy atom. The van der Waals surface area contributed by atoms with Gasteiger partial charge in [0.2, 0.25) is 9.38 Å². The fourth-order valence-electron chi connectivity index (χ4n) is 0.671. The van der Waals surface area contributed by atoms with Crippen LogP contribution in [0, 0.1) is 0 Å². The van der Waals surface area contributed by atoms with Gasteiger partial charge < -0.3 is 20.4 Å². The number of aliphatic hydroxyl groups excluding tert-OH is 4. The molecule has 0 aliphatic carbocycles. The second-order valence-corrected chi connectivity index (χ2v) is 4.96. The van der Waals surface area contributed by atoms with Gasteiger partial charge in [0.25, 0.3) is 0 Å². The van der Waals surface area contributed by atoms with Crippen molar-refractivity contribution in [1.82, 2.24) is 0 Å². The van der Waals surface area contributed by atoms with E-state index in [1.54, 1.807) is 0 Å².